The Bertz CT molecular complexity index is 799. The molecule has 0 fully saturated rings. The van der Waals surface area contributed by atoms with Crippen molar-refractivity contribution in [2.24, 2.45) is 0 Å². The second-order valence-electron chi connectivity index (χ2n) is 6.19. The molecule has 0 heterocycles. The molecule has 2 aromatic rings. The van der Waals surface area contributed by atoms with E-state index in [4.69, 9.17) is 27.9 Å². The molecular weight excluding hydrogens is 399 g/mol. The van der Waals surface area contributed by atoms with Crippen molar-refractivity contribution in [2.45, 2.75) is 32.9 Å². The maximum Gasteiger partial charge on any atom is 0.261 e. The van der Waals surface area contributed by atoms with Crippen molar-refractivity contribution < 1.29 is 14.3 Å². The largest absolute Gasteiger partial charge is 0.482 e. The zero-order chi connectivity index (χ0) is 20.5. The monoisotopic (exact) mass is 422 g/mol. The number of benzene rings is 2. The van der Waals surface area contributed by atoms with E-state index < -0.39 is 6.04 Å². The Labute approximate surface area is 175 Å². The maximum absolute atomic E-state index is 13.0. The van der Waals surface area contributed by atoms with Crippen molar-refractivity contribution in [3.63, 3.8) is 0 Å². The summed E-state index contributed by atoms with van der Waals surface area (Å²) in [5, 5.41) is 3.61. The van der Waals surface area contributed by atoms with Gasteiger partial charge in [-0.15, -0.1) is 0 Å². The lowest BCUT2D eigenvalue weighted by Crippen LogP contribution is -2.50. The summed E-state index contributed by atoms with van der Waals surface area (Å²) < 4.78 is 5.59. The molecule has 1 N–H and O–H groups in total. The Morgan fingerprint density at radius 2 is 1.82 bits per heavy atom. The molecule has 0 saturated carbocycles. The van der Waals surface area contributed by atoms with E-state index in [1.807, 2.05) is 44.2 Å². The molecule has 2 aromatic carbocycles. The van der Waals surface area contributed by atoms with E-state index in [1.54, 1.807) is 23.1 Å². The fourth-order valence-corrected chi connectivity index (χ4v) is 3.27. The Morgan fingerprint density at radius 3 is 2.43 bits per heavy atom. The van der Waals surface area contributed by atoms with E-state index >= 15 is 0 Å². The van der Waals surface area contributed by atoms with Gasteiger partial charge < -0.3 is 15.0 Å². The van der Waals surface area contributed by atoms with Crippen molar-refractivity contribution in [3.8, 4) is 5.75 Å². The van der Waals surface area contributed by atoms with Crippen molar-refractivity contribution in [1.29, 1.82) is 0 Å². The van der Waals surface area contributed by atoms with E-state index in [0.29, 0.717) is 35.3 Å². The Kier molecular flexibility index (Phi) is 8.61. The van der Waals surface area contributed by atoms with Crippen LogP contribution in [0.4, 0.5) is 0 Å². The molecule has 1 atom stereocenters. The number of nitrogens with zero attached hydrogens (tertiary/aromatic N) is 1. The lowest BCUT2D eigenvalue weighted by molar-refractivity contribution is -0.142. The van der Waals surface area contributed by atoms with Gasteiger partial charge in [-0.1, -0.05) is 60.5 Å². The number of amides is 2. The van der Waals surface area contributed by atoms with Crippen LogP contribution in [0.3, 0.4) is 0 Å². The molecule has 0 bridgehead atoms. The highest BCUT2D eigenvalue weighted by atomic mass is 35.5. The molecule has 0 aliphatic carbocycles. The number of hydrogen-bond donors (Lipinski definition) is 1. The van der Waals surface area contributed by atoms with Crippen LogP contribution in [-0.2, 0) is 16.1 Å². The first kappa shape index (κ1) is 22.1. The van der Waals surface area contributed by atoms with E-state index in [1.165, 1.54) is 0 Å². The molecule has 0 radical (unpaired) electrons. The third-order valence-corrected chi connectivity index (χ3v) is 4.71. The molecule has 5 nitrogen and oxygen atoms in total. The molecule has 7 heteroatoms. The van der Waals surface area contributed by atoms with Gasteiger partial charge in [-0.25, -0.2) is 0 Å². The van der Waals surface area contributed by atoms with Crippen LogP contribution in [0.25, 0.3) is 0 Å². The van der Waals surface area contributed by atoms with Gasteiger partial charge in [0, 0.05) is 18.1 Å². The predicted molar refractivity (Wildman–Crippen MR) is 112 cm³/mol. The number of rotatable bonds is 9. The number of halogens is 2. The van der Waals surface area contributed by atoms with Gasteiger partial charge in [-0.2, -0.15) is 0 Å². The van der Waals surface area contributed by atoms with Crippen molar-refractivity contribution in [1.82, 2.24) is 10.2 Å². The minimum absolute atomic E-state index is 0.182. The first-order valence-electron chi connectivity index (χ1n) is 9.15. The minimum atomic E-state index is -0.586. The third-order valence-electron chi connectivity index (χ3n) is 4.18. The predicted octanol–water partition coefficient (Wildman–Crippen LogP) is 4.32. The van der Waals surface area contributed by atoms with Gasteiger partial charge in [0.1, 0.15) is 11.8 Å². The molecule has 1 unspecified atom stereocenters. The second kappa shape index (κ2) is 10.9. The molecule has 0 aliphatic heterocycles. The van der Waals surface area contributed by atoms with Crippen molar-refractivity contribution in [3.05, 3.63) is 64.1 Å². The number of carbonyl (C=O) groups excluding carboxylic acids is 2. The fourth-order valence-electron chi connectivity index (χ4n) is 2.81. The highest BCUT2D eigenvalue weighted by Crippen LogP contribution is 2.27. The fraction of sp³-hybridized carbons (Fsp3) is 0.333. The van der Waals surface area contributed by atoms with Gasteiger partial charge in [0.15, 0.2) is 6.61 Å². The highest BCUT2D eigenvalue weighted by molar-refractivity contribution is 6.35. The summed E-state index contributed by atoms with van der Waals surface area (Å²) in [5.41, 5.74) is 0.933. The van der Waals surface area contributed by atoms with Gasteiger partial charge >= 0.3 is 0 Å². The van der Waals surface area contributed by atoms with Crippen LogP contribution >= 0.6 is 23.2 Å². The highest BCUT2D eigenvalue weighted by Gasteiger charge is 2.28. The van der Waals surface area contributed by atoms with Crippen LogP contribution in [0.15, 0.2) is 48.5 Å². The van der Waals surface area contributed by atoms with E-state index in [-0.39, 0.29) is 18.4 Å². The normalized spacial score (nSPS) is 11.6. The van der Waals surface area contributed by atoms with Gasteiger partial charge in [-0.05, 0) is 37.1 Å². The lowest BCUT2D eigenvalue weighted by atomic mass is 10.1. The van der Waals surface area contributed by atoms with Crippen LogP contribution < -0.4 is 10.1 Å². The van der Waals surface area contributed by atoms with Gasteiger partial charge in [0.2, 0.25) is 5.91 Å². The molecular formula is C21H24Cl2N2O3. The van der Waals surface area contributed by atoms with E-state index in [0.717, 1.165) is 5.56 Å². The smallest absolute Gasteiger partial charge is 0.261 e. The summed E-state index contributed by atoms with van der Waals surface area (Å²) in [4.78, 5) is 27.0. The van der Waals surface area contributed by atoms with Crippen LogP contribution in [0, 0.1) is 0 Å². The number of nitrogens with one attached hydrogen (secondary N) is 1. The Hall–Kier alpha value is -2.24. The Balaban J connectivity index is 2.18. The second-order valence-corrected chi connectivity index (χ2v) is 7.03. The Morgan fingerprint density at radius 1 is 1.11 bits per heavy atom. The molecule has 0 saturated heterocycles. The molecule has 2 amide bonds. The van der Waals surface area contributed by atoms with Crippen LogP contribution in [0.5, 0.6) is 5.75 Å². The SMILES string of the molecule is CCNC(=O)C(CC)N(Cc1ccccc1)C(=O)COc1ccc(Cl)cc1Cl. The minimum Gasteiger partial charge on any atom is -0.482 e. The molecule has 2 rings (SSSR count). The third kappa shape index (κ3) is 6.14. The first-order valence-corrected chi connectivity index (χ1v) is 9.90. The van der Waals surface area contributed by atoms with Gasteiger partial charge in [-0.3, -0.25) is 9.59 Å². The number of ether oxygens (including phenoxy) is 1. The quantitative estimate of drug-likeness (QED) is 0.654. The van der Waals surface area contributed by atoms with Gasteiger partial charge in [0.05, 0.1) is 5.02 Å². The average molecular weight is 423 g/mol. The zero-order valence-electron chi connectivity index (χ0n) is 16.0. The molecule has 0 aromatic heterocycles. The maximum atomic E-state index is 13.0. The summed E-state index contributed by atoms with van der Waals surface area (Å²) in [6.07, 6.45) is 0.492. The van der Waals surface area contributed by atoms with Crippen LogP contribution in [-0.4, -0.2) is 35.9 Å². The van der Waals surface area contributed by atoms with E-state index in [2.05, 4.69) is 5.32 Å². The van der Waals surface area contributed by atoms with Gasteiger partial charge in [0.25, 0.3) is 5.91 Å². The topological polar surface area (TPSA) is 58.6 Å². The summed E-state index contributed by atoms with van der Waals surface area (Å²) >= 11 is 12.0. The van der Waals surface area contributed by atoms with Crippen molar-refractivity contribution in [2.75, 3.05) is 13.2 Å². The number of likely N-dealkylation sites (N-methyl/N-ethyl adjacent to an activating group) is 1. The lowest BCUT2D eigenvalue weighted by Gasteiger charge is -2.30. The molecule has 150 valence electrons. The van der Waals surface area contributed by atoms with E-state index in [9.17, 15) is 9.59 Å². The van der Waals surface area contributed by atoms with Crippen LogP contribution in [0.1, 0.15) is 25.8 Å². The molecule has 0 spiro atoms. The molecule has 28 heavy (non-hydrogen) atoms. The van der Waals surface area contributed by atoms with Crippen LogP contribution in [0.2, 0.25) is 10.0 Å². The summed E-state index contributed by atoms with van der Waals surface area (Å²) in [6, 6.07) is 13.8. The number of hydrogen-bond acceptors (Lipinski definition) is 3. The summed E-state index contributed by atoms with van der Waals surface area (Å²) in [7, 11) is 0. The molecule has 0 aliphatic rings. The number of carbonyl (C=O) groups is 2. The zero-order valence-corrected chi connectivity index (χ0v) is 17.5. The average Bonchev–Trinajstić information content (AvgIpc) is 2.68. The summed E-state index contributed by atoms with van der Waals surface area (Å²) in [5.74, 6) is -0.114. The summed E-state index contributed by atoms with van der Waals surface area (Å²) in [6.45, 7) is 4.30. The van der Waals surface area contributed by atoms with Crippen molar-refractivity contribution >= 4 is 35.0 Å². The standard InChI is InChI=1S/C21H24Cl2N2O3/c1-3-18(21(27)24-4-2)25(13-15-8-6-5-7-9-15)20(26)14-28-19-11-10-16(22)12-17(19)23/h5-12,18H,3-4,13-14H2,1-2H3,(H,24,27). The first-order chi connectivity index (χ1) is 13.5.